The molecule has 1 aromatic rings. The Bertz CT molecular complexity index is 768. The molecule has 0 aliphatic heterocycles. The van der Waals surface area contributed by atoms with E-state index in [0.717, 1.165) is 4.90 Å². The van der Waals surface area contributed by atoms with E-state index in [1.54, 1.807) is 41.5 Å². The van der Waals surface area contributed by atoms with E-state index in [2.05, 4.69) is 5.10 Å². The third-order valence-electron chi connectivity index (χ3n) is 3.62. The normalized spacial score (nSPS) is 11.7. The van der Waals surface area contributed by atoms with Crippen molar-refractivity contribution in [3.8, 4) is 5.88 Å². The second-order valence-electron chi connectivity index (χ2n) is 8.88. The van der Waals surface area contributed by atoms with Crippen LogP contribution in [0.2, 0.25) is 0 Å². The average Bonchev–Trinajstić information content (AvgIpc) is 3.07. The molecule has 33 heavy (non-hydrogen) atoms. The minimum absolute atomic E-state index is 0.0550. The van der Waals surface area contributed by atoms with Crippen LogP contribution in [0, 0.1) is 10.1 Å². The third kappa shape index (κ3) is 11.0. The van der Waals surface area contributed by atoms with Gasteiger partial charge < -0.3 is 23.7 Å². The Morgan fingerprint density at radius 3 is 1.94 bits per heavy atom. The van der Waals surface area contributed by atoms with Gasteiger partial charge in [-0.3, -0.25) is 14.8 Å². The Hall–Kier alpha value is -2.93. The molecule has 0 saturated heterocycles. The van der Waals surface area contributed by atoms with Gasteiger partial charge >= 0.3 is 23.8 Å². The zero-order valence-corrected chi connectivity index (χ0v) is 20.3. The number of imide groups is 1. The van der Waals surface area contributed by atoms with Crippen molar-refractivity contribution in [2.75, 3.05) is 40.1 Å². The van der Waals surface area contributed by atoms with Crippen LogP contribution in [-0.2, 0) is 25.5 Å². The number of carbonyl (C=O) groups is 2. The zero-order chi connectivity index (χ0) is 25.2. The first kappa shape index (κ1) is 28.1. The molecular formula is C20H34N4O9. The van der Waals surface area contributed by atoms with E-state index in [-0.39, 0.29) is 51.1 Å². The van der Waals surface area contributed by atoms with Crippen LogP contribution in [0.15, 0.2) is 6.20 Å². The molecule has 13 nitrogen and oxygen atoms in total. The van der Waals surface area contributed by atoms with Gasteiger partial charge in [-0.2, -0.15) is 0 Å². The maximum Gasteiger partial charge on any atom is 0.419 e. The fourth-order valence-electron chi connectivity index (χ4n) is 2.31. The van der Waals surface area contributed by atoms with Gasteiger partial charge in [0.15, 0.2) is 0 Å². The van der Waals surface area contributed by atoms with Crippen LogP contribution in [0.3, 0.4) is 0 Å². The van der Waals surface area contributed by atoms with Crippen LogP contribution >= 0.6 is 0 Å². The Labute approximate surface area is 193 Å². The summed E-state index contributed by atoms with van der Waals surface area (Å²) in [5, 5.41) is 14.9. The smallest absolute Gasteiger partial charge is 0.419 e. The van der Waals surface area contributed by atoms with Crippen molar-refractivity contribution in [1.29, 1.82) is 0 Å². The second kappa shape index (κ2) is 12.3. The summed E-state index contributed by atoms with van der Waals surface area (Å²) in [5.74, 6) is -0.0668. The first-order chi connectivity index (χ1) is 15.2. The lowest BCUT2D eigenvalue weighted by molar-refractivity contribution is -0.385. The van der Waals surface area contributed by atoms with Gasteiger partial charge in [0.25, 0.3) is 0 Å². The van der Waals surface area contributed by atoms with Crippen LogP contribution in [0.1, 0.15) is 41.5 Å². The summed E-state index contributed by atoms with van der Waals surface area (Å²) < 4.78 is 27.6. The van der Waals surface area contributed by atoms with Crippen molar-refractivity contribution in [1.82, 2.24) is 14.7 Å². The molecule has 13 heteroatoms. The Balaban J connectivity index is 2.40. The molecule has 188 valence electrons. The summed E-state index contributed by atoms with van der Waals surface area (Å²) in [7, 11) is 1.31. The fraction of sp³-hybridized carbons (Fsp3) is 0.750. The number of nitrogens with zero attached hydrogens (tertiary/aromatic N) is 4. The molecule has 1 rings (SSSR count). The Kier molecular flexibility index (Phi) is 10.5. The lowest BCUT2D eigenvalue weighted by Gasteiger charge is -2.28. The molecule has 0 aliphatic rings. The number of ether oxygens (including phenoxy) is 5. The van der Waals surface area contributed by atoms with Gasteiger partial charge in [-0.25, -0.2) is 14.5 Å². The monoisotopic (exact) mass is 474 g/mol. The van der Waals surface area contributed by atoms with Crippen molar-refractivity contribution in [3.63, 3.8) is 0 Å². The molecule has 0 aliphatic carbocycles. The number of nitro groups is 1. The Morgan fingerprint density at radius 2 is 1.52 bits per heavy atom. The molecule has 2 amide bonds. The number of aromatic nitrogens is 2. The molecule has 0 bridgehead atoms. The van der Waals surface area contributed by atoms with E-state index in [1.165, 1.54) is 18.0 Å². The summed E-state index contributed by atoms with van der Waals surface area (Å²) in [4.78, 5) is 35.9. The second-order valence-corrected chi connectivity index (χ2v) is 8.88. The summed E-state index contributed by atoms with van der Waals surface area (Å²) in [6.07, 6.45) is -0.374. The Morgan fingerprint density at radius 1 is 1.00 bits per heavy atom. The van der Waals surface area contributed by atoms with E-state index >= 15 is 0 Å². The molecular weight excluding hydrogens is 440 g/mol. The van der Waals surface area contributed by atoms with E-state index in [4.69, 9.17) is 23.7 Å². The van der Waals surface area contributed by atoms with Crippen molar-refractivity contribution in [2.45, 2.75) is 59.3 Å². The molecule has 1 aromatic heterocycles. The van der Waals surface area contributed by atoms with Gasteiger partial charge in [-0.1, -0.05) is 0 Å². The van der Waals surface area contributed by atoms with E-state index in [0.29, 0.717) is 0 Å². The highest BCUT2D eigenvalue weighted by atomic mass is 16.6. The number of rotatable bonds is 11. The predicted molar refractivity (Wildman–Crippen MR) is 116 cm³/mol. The standard InChI is InChI=1S/C20H34N4O9/c1-19(2,3)32-17(25)23(18(26)33-20(4,5)6)9-11-31-13-12-30-10-8-22-14-15(24(27)28)16(21-22)29-7/h14H,8-13H2,1-7H3. The van der Waals surface area contributed by atoms with Crippen molar-refractivity contribution in [2.24, 2.45) is 0 Å². The summed E-state index contributed by atoms with van der Waals surface area (Å²) >= 11 is 0. The topological polar surface area (TPSA) is 144 Å². The molecule has 0 aromatic carbocycles. The number of hydrogen-bond acceptors (Lipinski definition) is 10. The van der Waals surface area contributed by atoms with Crippen LogP contribution in [-0.4, -0.2) is 83.1 Å². The largest absolute Gasteiger partial charge is 0.475 e. The van der Waals surface area contributed by atoms with Crippen LogP contribution in [0.25, 0.3) is 0 Å². The van der Waals surface area contributed by atoms with Gasteiger partial charge in [-0.15, -0.1) is 5.10 Å². The molecule has 0 N–H and O–H groups in total. The number of methoxy groups -OCH3 is 1. The maximum atomic E-state index is 12.4. The highest BCUT2D eigenvalue weighted by Crippen LogP contribution is 2.23. The first-order valence-corrected chi connectivity index (χ1v) is 10.4. The molecule has 0 unspecified atom stereocenters. The highest BCUT2D eigenvalue weighted by Gasteiger charge is 2.30. The number of hydrogen-bond donors (Lipinski definition) is 0. The van der Waals surface area contributed by atoms with Crippen molar-refractivity contribution >= 4 is 17.9 Å². The number of amides is 2. The molecule has 1 heterocycles. The van der Waals surface area contributed by atoms with E-state index < -0.39 is 28.3 Å². The fourth-order valence-corrected chi connectivity index (χ4v) is 2.31. The van der Waals surface area contributed by atoms with Crippen LogP contribution in [0.5, 0.6) is 5.88 Å². The molecule has 0 fully saturated rings. The molecule has 0 atom stereocenters. The van der Waals surface area contributed by atoms with Crippen molar-refractivity contribution in [3.05, 3.63) is 16.3 Å². The summed E-state index contributed by atoms with van der Waals surface area (Å²) in [6, 6.07) is 0. The van der Waals surface area contributed by atoms with Gasteiger partial charge in [0, 0.05) is 0 Å². The minimum atomic E-state index is -0.819. The first-order valence-electron chi connectivity index (χ1n) is 10.4. The third-order valence-corrected chi connectivity index (χ3v) is 3.62. The van der Waals surface area contributed by atoms with Gasteiger partial charge in [0.1, 0.15) is 17.4 Å². The average molecular weight is 475 g/mol. The summed E-state index contributed by atoms with van der Waals surface area (Å²) in [5.41, 5.74) is -1.77. The van der Waals surface area contributed by atoms with E-state index in [9.17, 15) is 19.7 Å². The zero-order valence-electron chi connectivity index (χ0n) is 20.3. The van der Waals surface area contributed by atoms with Gasteiger partial charge in [0.05, 0.1) is 51.6 Å². The van der Waals surface area contributed by atoms with Crippen molar-refractivity contribution < 1.29 is 38.2 Å². The minimum Gasteiger partial charge on any atom is -0.475 e. The highest BCUT2D eigenvalue weighted by molar-refractivity contribution is 5.88. The summed E-state index contributed by atoms with van der Waals surface area (Å²) in [6.45, 7) is 11.2. The molecule has 0 radical (unpaired) electrons. The van der Waals surface area contributed by atoms with E-state index in [1.807, 2.05) is 0 Å². The number of carbonyl (C=O) groups excluding carboxylic acids is 2. The van der Waals surface area contributed by atoms with Gasteiger partial charge in [0.2, 0.25) is 0 Å². The quantitative estimate of drug-likeness (QED) is 0.266. The molecule has 0 saturated carbocycles. The van der Waals surface area contributed by atoms with Gasteiger partial charge in [-0.05, 0) is 41.5 Å². The molecule has 0 spiro atoms. The van der Waals surface area contributed by atoms with Crippen LogP contribution < -0.4 is 4.74 Å². The maximum absolute atomic E-state index is 12.4. The van der Waals surface area contributed by atoms with Crippen LogP contribution in [0.4, 0.5) is 15.3 Å². The SMILES string of the molecule is COc1nn(CCOCCOCCN(C(=O)OC(C)(C)C)C(=O)OC(C)(C)C)cc1[N+](=O)[O-]. The predicted octanol–water partition coefficient (Wildman–Crippen LogP) is 3.01. The lowest BCUT2D eigenvalue weighted by Crippen LogP contribution is -2.45. The lowest BCUT2D eigenvalue weighted by atomic mass is 10.2.